The van der Waals surface area contributed by atoms with Gasteiger partial charge in [-0.15, -0.1) is 15.3 Å². The first-order chi connectivity index (χ1) is 11.1. The number of nitrogens with zero attached hydrogens (tertiary/aromatic N) is 6. The summed E-state index contributed by atoms with van der Waals surface area (Å²) in [6.45, 7) is 8.09. The maximum atomic E-state index is 5.36. The molecule has 0 bridgehead atoms. The Morgan fingerprint density at radius 3 is 2.65 bits per heavy atom. The van der Waals surface area contributed by atoms with Gasteiger partial charge in [0.05, 0.1) is 5.75 Å². The number of aryl methyl sites for hydroxylation is 3. The van der Waals surface area contributed by atoms with Crippen molar-refractivity contribution in [3.63, 3.8) is 0 Å². The molecule has 0 amide bonds. The van der Waals surface area contributed by atoms with Crippen LogP contribution in [0, 0.1) is 20.8 Å². The molecule has 122 valence electrons. The van der Waals surface area contributed by atoms with Gasteiger partial charge in [-0.25, -0.2) is 9.50 Å². The van der Waals surface area contributed by atoms with Gasteiger partial charge in [0.2, 0.25) is 16.9 Å². The monoisotopic (exact) mass is 332 g/mol. The molecule has 7 nitrogen and oxygen atoms in total. The predicted octanol–water partition coefficient (Wildman–Crippen LogP) is 3.07. The van der Waals surface area contributed by atoms with Crippen molar-refractivity contribution >= 4 is 17.5 Å². The van der Waals surface area contributed by atoms with Crippen molar-refractivity contribution in [1.82, 2.24) is 29.8 Å². The fourth-order valence-electron chi connectivity index (χ4n) is 2.49. The van der Waals surface area contributed by atoms with E-state index in [1.165, 1.54) is 23.7 Å². The molecule has 0 aromatic carbocycles. The quantitative estimate of drug-likeness (QED) is 0.641. The van der Waals surface area contributed by atoms with E-state index in [-0.39, 0.29) is 0 Å². The van der Waals surface area contributed by atoms with Crippen LogP contribution in [0.4, 0.5) is 0 Å². The van der Waals surface area contributed by atoms with Gasteiger partial charge in [0.25, 0.3) is 5.78 Å². The Morgan fingerprint density at radius 2 is 1.96 bits per heavy atom. The molecular weight excluding hydrogens is 312 g/mol. The minimum atomic E-state index is 0.554. The number of unbranched alkanes of at least 4 members (excludes halogenated alkanes) is 1. The summed E-state index contributed by atoms with van der Waals surface area (Å²) in [5.41, 5.74) is 3.43. The molecule has 0 saturated heterocycles. The van der Waals surface area contributed by atoms with Crippen LogP contribution in [-0.4, -0.2) is 29.8 Å². The zero-order chi connectivity index (χ0) is 16.4. The van der Waals surface area contributed by atoms with Gasteiger partial charge in [-0.1, -0.05) is 25.1 Å². The Balaban J connectivity index is 1.84. The van der Waals surface area contributed by atoms with Crippen molar-refractivity contribution in [3.8, 4) is 0 Å². The molecular formula is C15H20N6OS. The summed E-state index contributed by atoms with van der Waals surface area (Å²) in [5, 5.41) is 13.0. The van der Waals surface area contributed by atoms with Gasteiger partial charge < -0.3 is 4.42 Å². The van der Waals surface area contributed by atoms with Crippen LogP contribution in [0.15, 0.2) is 9.57 Å². The standard InChI is InChI=1S/C15H20N6OS/c1-5-6-7-12-9(2)16-14-17-15(20-21(14)10(12)3)23-8-13-19-18-11(4)22-13/h5-8H2,1-4H3. The minimum absolute atomic E-state index is 0.554. The van der Waals surface area contributed by atoms with Crippen molar-refractivity contribution in [2.45, 2.75) is 57.9 Å². The van der Waals surface area contributed by atoms with E-state index < -0.39 is 0 Å². The van der Waals surface area contributed by atoms with E-state index in [2.05, 4.69) is 39.1 Å². The minimum Gasteiger partial charge on any atom is -0.425 e. The summed E-state index contributed by atoms with van der Waals surface area (Å²) in [6, 6.07) is 0. The van der Waals surface area contributed by atoms with Gasteiger partial charge in [-0.3, -0.25) is 0 Å². The van der Waals surface area contributed by atoms with Crippen LogP contribution in [0.1, 0.15) is 48.5 Å². The molecule has 3 rings (SSSR count). The van der Waals surface area contributed by atoms with Crippen LogP contribution in [0.2, 0.25) is 0 Å². The molecule has 0 aliphatic carbocycles. The molecule has 3 aromatic heterocycles. The van der Waals surface area contributed by atoms with E-state index in [0.29, 0.717) is 28.5 Å². The molecule has 0 aliphatic heterocycles. The average Bonchev–Trinajstić information content (AvgIpc) is 3.11. The molecule has 0 radical (unpaired) electrons. The van der Waals surface area contributed by atoms with Crippen molar-refractivity contribution in [2.24, 2.45) is 0 Å². The van der Waals surface area contributed by atoms with Crippen molar-refractivity contribution in [2.75, 3.05) is 0 Å². The van der Waals surface area contributed by atoms with Crippen LogP contribution in [0.25, 0.3) is 5.78 Å². The van der Waals surface area contributed by atoms with Crippen LogP contribution < -0.4 is 0 Å². The Morgan fingerprint density at radius 1 is 1.13 bits per heavy atom. The van der Waals surface area contributed by atoms with E-state index in [9.17, 15) is 0 Å². The Kier molecular flexibility index (Phi) is 4.61. The lowest BCUT2D eigenvalue weighted by Gasteiger charge is -2.09. The lowest BCUT2D eigenvalue weighted by Crippen LogP contribution is -2.05. The first-order valence-electron chi connectivity index (χ1n) is 7.73. The average molecular weight is 332 g/mol. The summed E-state index contributed by atoms with van der Waals surface area (Å²) < 4.78 is 7.20. The highest BCUT2D eigenvalue weighted by Crippen LogP contribution is 2.22. The first kappa shape index (κ1) is 15.9. The third-order valence-corrected chi connectivity index (χ3v) is 4.52. The van der Waals surface area contributed by atoms with Gasteiger partial charge in [-0.05, 0) is 32.3 Å². The largest absolute Gasteiger partial charge is 0.425 e. The van der Waals surface area contributed by atoms with E-state index >= 15 is 0 Å². The highest BCUT2D eigenvalue weighted by Gasteiger charge is 2.14. The normalized spacial score (nSPS) is 11.5. The number of fused-ring (bicyclic) bond motifs is 1. The van der Waals surface area contributed by atoms with E-state index in [1.807, 2.05) is 11.4 Å². The van der Waals surface area contributed by atoms with Crippen molar-refractivity contribution < 1.29 is 4.42 Å². The second-order valence-corrected chi connectivity index (χ2v) is 6.42. The van der Waals surface area contributed by atoms with Gasteiger partial charge >= 0.3 is 0 Å². The number of hydrogen-bond acceptors (Lipinski definition) is 7. The molecule has 3 heterocycles. The predicted molar refractivity (Wildman–Crippen MR) is 87.5 cm³/mol. The Hall–Kier alpha value is -1.96. The van der Waals surface area contributed by atoms with E-state index in [4.69, 9.17) is 4.42 Å². The number of rotatable bonds is 6. The second kappa shape index (κ2) is 6.66. The maximum absolute atomic E-state index is 5.36. The summed E-state index contributed by atoms with van der Waals surface area (Å²) in [4.78, 5) is 9.09. The fraction of sp³-hybridized carbons (Fsp3) is 0.533. The molecule has 0 saturated carbocycles. The molecule has 0 N–H and O–H groups in total. The molecule has 0 atom stereocenters. The Bertz CT molecular complexity index is 825. The SMILES string of the molecule is CCCCc1c(C)nc2nc(SCc3nnc(C)o3)nn2c1C. The highest BCUT2D eigenvalue weighted by atomic mass is 32.2. The molecule has 0 spiro atoms. The lowest BCUT2D eigenvalue weighted by molar-refractivity contribution is 0.485. The number of aromatic nitrogens is 6. The topological polar surface area (TPSA) is 82.0 Å². The van der Waals surface area contributed by atoms with Gasteiger partial charge in [0.15, 0.2) is 0 Å². The summed E-state index contributed by atoms with van der Waals surface area (Å²) in [5.74, 6) is 2.34. The van der Waals surface area contributed by atoms with E-state index in [1.54, 1.807) is 6.92 Å². The zero-order valence-electron chi connectivity index (χ0n) is 13.8. The summed E-state index contributed by atoms with van der Waals surface area (Å²) in [7, 11) is 0. The van der Waals surface area contributed by atoms with Crippen molar-refractivity contribution in [3.05, 3.63) is 28.7 Å². The Labute approximate surface area is 138 Å². The van der Waals surface area contributed by atoms with Crippen LogP contribution in [0.5, 0.6) is 0 Å². The van der Waals surface area contributed by atoms with Crippen LogP contribution >= 0.6 is 11.8 Å². The molecule has 8 heteroatoms. The fourth-order valence-corrected chi connectivity index (χ4v) is 3.14. The second-order valence-electron chi connectivity index (χ2n) is 5.47. The summed E-state index contributed by atoms with van der Waals surface area (Å²) in [6.07, 6.45) is 3.35. The molecule has 3 aromatic rings. The van der Waals surface area contributed by atoms with Gasteiger partial charge in [-0.2, -0.15) is 4.98 Å². The maximum Gasteiger partial charge on any atom is 0.253 e. The number of thioether (sulfide) groups is 1. The third-order valence-electron chi connectivity index (χ3n) is 3.70. The van der Waals surface area contributed by atoms with E-state index in [0.717, 1.165) is 24.2 Å². The first-order valence-corrected chi connectivity index (χ1v) is 8.71. The van der Waals surface area contributed by atoms with Gasteiger partial charge in [0, 0.05) is 18.3 Å². The molecule has 0 fully saturated rings. The smallest absolute Gasteiger partial charge is 0.253 e. The molecule has 0 aliphatic rings. The van der Waals surface area contributed by atoms with Crippen LogP contribution in [-0.2, 0) is 12.2 Å². The van der Waals surface area contributed by atoms with Crippen molar-refractivity contribution in [1.29, 1.82) is 0 Å². The zero-order valence-corrected chi connectivity index (χ0v) is 14.6. The molecule has 0 unspecified atom stereocenters. The number of hydrogen-bond donors (Lipinski definition) is 0. The van der Waals surface area contributed by atoms with Gasteiger partial charge in [0.1, 0.15) is 0 Å². The van der Waals surface area contributed by atoms with Crippen LogP contribution in [0.3, 0.4) is 0 Å². The lowest BCUT2D eigenvalue weighted by atomic mass is 10.1. The molecule has 23 heavy (non-hydrogen) atoms. The third kappa shape index (κ3) is 3.36. The highest BCUT2D eigenvalue weighted by molar-refractivity contribution is 7.98. The summed E-state index contributed by atoms with van der Waals surface area (Å²) >= 11 is 1.47.